The lowest BCUT2D eigenvalue weighted by molar-refractivity contribution is 0.146. The van der Waals surface area contributed by atoms with Crippen LogP contribution in [0.25, 0.3) is 10.9 Å². The molecule has 1 aromatic carbocycles. The van der Waals surface area contributed by atoms with Gasteiger partial charge in [-0.2, -0.15) is 0 Å². The summed E-state index contributed by atoms with van der Waals surface area (Å²) in [6.07, 6.45) is -2.52. The van der Waals surface area contributed by atoms with Crippen LogP contribution >= 0.6 is 0 Å². The van der Waals surface area contributed by atoms with E-state index in [0.29, 0.717) is 5.52 Å². The molecule has 5 heteroatoms. The number of alkyl halides is 2. The van der Waals surface area contributed by atoms with Gasteiger partial charge in [0, 0.05) is 37.3 Å². The monoisotopic (exact) mass is 263 g/mol. The number of rotatable bonds is 2. The van der Waals surface area contributed by atoms with Crippen LogP contribution in [0.4, 0.5) is 14.5 Å². The van der Waals surface area contributed by atoms with Gasteiger partial charge in [-0.15, -0.1) is 0 Å². The summed E-state index contributed by atoms with van der Waals surface area (Å²) in [4.78, 5) is 6.30. The molecule has 0 radical (unpaired) electrons. The molecule has 19 heavy (non-hydrogen) atoms. The number of nitrogens with one attached hydrogen (secondary N) is 1. The maximum absolute atomic E-state index is 12.7. The second kappa shape index (κ2) is 5.09. The number of hydrogen-bond donors (Lipinski definition) is 1. The number of aromatic nitrogens is 1. The van der Waals surface area contributed by atoms with Crippen LogP contribution in [0.2, 0.25) is 0 Å². The number of pyridine rings is 1. The molecule has 2 aromatic rings. The maximum Gasteiger partial charge on any atom is 0.280 e. The van der Waals surface area contributed by atoms with E-state index >= 15 is 0 Å². The molecule has 1 aliphatic heterocycles. The molecule has 0 unspecified atom stereocenters. The van der Waals surface area contributed by atoms with Crippen molar-refractivity contribution >= 4 is 16.6 Å². The minimum atomic E-state index is -2.52. The first-order chi connectivity index (χ1) is 9.25. The highest BCUT2D eigenvalue weighted by Gasteiger charge is 2.15. The summed E-state index contributed by atoms with van der Waals surface area (Å²) < 4.78 is 25.3. The highest BCUT2D eigenvalue weighted by molar-refractivity contribution is 5.92. The minimum Gasteiger partial charge on any atom is -0.368 e. The summed E-state index contributed by atoms with van der Waals surface area (Å²) in [6, 6.07) is 8.85. The molecule has 0 aliphatic carbocycles. The number of fused-ring (bicyclic) bond motifs is 1. The molecular formula is C14H15F2N3. The first-order valence-corrected chi connectivity index (χ1v) is 6.39. The highest BCUT2D eigenvalue weighted by atomic mass is 19.3. The van der Waals surface area contributed by atoms with Crippen molar-refractivity contribution in [3.05, 3.63) is 36.0 Å². The average molecular weight is 263 g/mol. The number of benzene rings is 1. The molecule has 0 saturated carbocycles. The van der Waals surface area contributed by atoms with Crippen molar-refractivity contribution in [1.82, 2.24) is 10.3 Å². The second-order valence-corrected chi connectivity index (χ2v) is 4.62. The third kappa shape index (κ3) is 2.38. The van der Waals surface area contributed by atoms with E-state index in [1.54, 1.807) is 12.1 Å². The Bertz CT molecular complexity index is 580. The SMILES string of the molecule is FC(F)c1ccc2c(N3CCNCC3)cccc2n1. The molecule has 1 saturated heterocycles. The van der Waals surface area contributed by atoms with E-state index in [-0.39, 0.29) is 5.69 Å². The van der Waals surface area contributed by atoms with E-state index in [0.717, 1.165) is 37.3 Å². The second-order valence-electron chi connectivity index (χ2n) is 4.62. The van der Waals surface area contributed by atoms with Gasteiger partial charge in [0.05, 0.1) is 5.52 Å². The Morgan fingerprint density at radius 3 is 2.63 bits per heavy atom. The van der Waals surface area contributed by atoms with Crippen LogP contribution in [-0.4, -0.2) is 31.2 Å². The fraction of sp³-hybridized carbons (Fsp3) is 0.357. The Morgan fingerprint density at radius 1 is 1.11 bits per heavy atom. The molecule has 100 valence electrons. The lowest BCUT2D eigenvalue weighted by Crippen LogP contribution is -2.43. The van der Waals surface area contributed by atoms with Crippen molar-refractivity contribution in [2.45, 2.75) is 6.43 Å². The molecule has 3 nitrogen and oxygen atoms in total. The minimum absolute atomic E-state index is 0.162. The summed E-state index contributed by atoms with van der Waals surface area (Å²) in [5.41, 5.74) is 1.55. The zero-order valence-electron chi connectivity index (χ0n) is 10.4. The smallest absolute Gasteiger partial charge is 0.280 e. The number of nitrogens with zero attached hydrogens (tertiary/aromatic N) is 2. The molecular weight excluding hydrogens is 248 g/mol. The molecule has 0 bridgehead atoms. The predicted molar refractivity (Wildman–Crippen MR) is 71.8 cm³/mol. The Balaban J connectivity index is 2.05. The number of hydrogen-bond acceptors (Lipinski definition) is 3. The predicted octanol–water partition coefficient (Wildman–Crippen LogP) is 2.58. The molecule has 1 aliphatic rings. The summed E-state index contributed by atoms with van der Waals surface area (Å²) in [7, 11) is 0. The zero-order chi connectivity index (χ0) is 13.2. The van der Waals surface area contributed by atoms with Gasteiger partial charge in [-0.3, -0.25) is 0 Å². The first kappa shape index (κ1) is 12.3. The molecule has 0 spiro atoms. The fourth-order valence-corrected chi connectivity index (χ4v) is 2.46. The molecule has 3 rings (SSSR count). The Labute approximate surface area is 110 Å². The van der Waals surface area contributed by atoms with E-state index in [2.05, 4.69) is 15.2 Å². The van der Waals surface area contributed by atoms with Gasteiger partial charge >= 0.3 is 0 Å². The lowest BCUT2D eigenvalue weighted by atomic mass is 10.1. The maximum atomic E-state index is 12.7. The van der Waals surface area contributed by atoms with Crippen molar-refractivity contribution in [2.24, 2.45) is 0 Å². The molecule has 1 fully saturated rings. The van der Waals surface area contributed by atoms with Crippen molar-refractivity contribution in [2.75, 3.05) is 31.1 Å². The third-order valence-electron chi connectivity index (χ3n) is 3.41. The van der Waals surface area contributed by atoms with Gasteiger partial charge in [-0.25, -0.2) is 13.8 Å². The normalized spacial score (nSPS) is 16.3. The van der Waals surface area contributed by atoms with Crippen LogP contribution in [0, 0.1) is 0 Å². The Kier molecular flexibility index (Phi) is 3.29. The standard InChI is InChI=1S/C14H15F2N3/c15-14(16)12-5-4-10-11(18-12)2-1-3-13(10)19-8-6-17-7-9-19/h1-5,14,17H,6-9H2. The van der Waals surface area contributed by atoms with Crippen LogP contribution in [0.1, 0.15) is 12.1 Å². The number of halogens is 2. The lowest BCUT2D eigenvalue weighted by Gasteiger charge is -2.30. The van der Waals surface area contributed by atoms with E-state index in [9.17, 15) is 8.78 Å². The van der Waals surface area contributed by atoms with Crippen LogP contribution in [-0.2, 0) is 0 Å². The Morgan fingerprint density at radius 2 is 1.89 bits per heavy atom. The van der Waals surface area contributed by atoms with Crippen molar-refractivity contribution in [1.29, 1.82) is 0 Å². The molecule has 2 heterocycles. The van der Waals surface area contributed by atoms with Gasteiger partial charge < -0.3 is 10.2 Å². The molecule has 1 N–H and O–H groups in total. The molecule has 1 aromatic heterocycles. The zero-order valence-corrected chi connectivity index (χ0v) is 10.4. The van der Waals surface area contributed by atoms with Crippen molar-refractivity contribution in [3.63, 3.8) is 0 Å². The average Bonchev–Trinajstić information content (AvgIpc) is 2.47. The van der Waals surface area contributed by atoms with Gasteiger partial charge in [0.15, 0.2) is 0 Å². The first-order valence-electron chi connectivity index (χ1n) is 6.39. The quantitative estimate of drug-likeness (QED) is 0.902. The van der Waals surface area contributed by atoms with Crippen molar-refractivity contribution in [3.8, 4) is 0 Å². The fourth-order valence-electron chi connectivity index (χ4n) is 2.46. The largest absolute Gasteiger partial charge is 0.368 e. The van der Waals surface area contributed by atoms with Crippen LogP contribution < -0.4 is 10.2 Å². The van der Waals surface area contributed by atoms with Crippen LogP contribution in [0.3, 0.4) is 0 Å². The number of anilines is 1. The van der Waals surface area contributed by atoms with E-state index in [4.69, 9.17) is 0 Å². The van der Waals surface area contributed by atoms with E-state index in [1.165, 1.54) is 6.07 Å². The summed E-state index contributed by atoms with van der Waals surface area (Å²) >= 11 is 0. The van der Waals surface area contributed by atoms with E-state index in [1.807, 2.05) is 12.1 Å². The summed E-state index contributed by atoms with van der Waals surface area (Å²) in [5.74, 6) is 0. The summed E-state index contributed by atoms with van der Waals surface area (Å²) in [5, 5.41) is 4.24. The van der Waals surface area contributed by atoms with Gasteiger partial charge in [-0.05, 0) is 24.3 Å². The topological polar surface area (TPSA) is 28.2 Å². The Hall–Kier alpha value is -1.75. The van der Waals surface area contributed by atoms with Gasteiger partial charge in [0.1, 0.15) is 5.69 Å². The third-order valence-corrected chi connectivity index (χ3v) is 3.41. The van der Waals surface area contributed by atoms with Gasteiger partial charge in [-0.1, -0.05) is 6.07 Å². The highest BCUT2D eigenvalue weighted by Crippen LogP contribution is 2.28. The van der Waals surface area contributed by atoms with E-state index < -0.39 is 6.43 Å². The van der Waals surface area contributed by atoms with Crippen LogP contribution in [0.15, 0.2) is 30.3 Å². The molecule has 0 atom stereocenters. The van der Waals surface area contributed by atoms with Gasteiger partial charge in [0.25, 0.3) is 6.43 Å². The number of piperazine rings is 1. The summed E-state index contributed by atoms with van der Waals surface area (Å²) in [6.45, 7) is 3.74. The van der Waals surface area contributed by atoms with Gasteiger partial charge in [0.2, 0.25) is 0 Å². The van der Waals surface area contributed by atoms with Crippen LogP contribution in [0.5, 0.6) is 0 Å². The molecule has 0 amide bonds. The van der Waals surface area contributed by atoms with Crippen molar-refractivity contribution < 1.29 is 8.78 Å².